The summed E-state index contributed by atoms with van der Waals surface area (Å²) >= 11 is 0. The third-order valence-corrected chi connectivity index (χ3v) is 6.30. The largest absolute Gasteiger partial charge is 0.376 e. The smallest absolute Gasteiger partial charge is 0.267 e. The average molecular weight is 438 g/mol. The molecule has 3 aromatic heterocycles. The molecule has 5 heterocycles. The number of hydrogen-bond donors (Lipinski definition) is 2. The first-order valence-electron chi connectivity index (χ1n) is 11.1. The van der Waals surface area contributed by atoms with Gasteiger partial charge in [-0.25, -0.2) is 4.98 Å². The Morgan fingerprint density at radius 3 is 2.69 bits per heavy atom. The predicted molar refractivity (Wildman–Crippen MR) is 118 cm³/mol. The first-order chi connectivity index (χ1) is 15.5. The van der Waals surface area contributed by atoms with E-state index in [4.69, 9.17) is 19.9 Å². The molecule has 0 aromatic carbocycles. The minimum absolute atomic E-state index is 0.00758. The maximum absolute atomic E-state index is 13.3. The van der Waals surface area contributed by atoms with Crippen LogP contribution in [0.4, 0.5) is 0 Å². The fourth-order valence-corrected chi connectivity index (χ4v) is 4.55. The van der Waals surface area contributed by atoms with Crippen LogP contribution in [0.25, 0.3) is 16.7 Å². The molecular weight excluding hydrogens is 410 g/mol. The molecule has 2 fully saturated rings. The second-order valence-corrected chi connectivity index (χ2v) is 8.54. The van der Waals surface area contributed by atoms with E-state index in [0.717, 1.165) is 31.2 Å². The SMILES string of the molecule is Cc1cccn2c(=O)c3cc(C(=O)NC[C@@H]4CCCO4)c(=N)n(C[C@@H]4CCCO4)c3nc12. The van der Waals surface area contributed by atoms with Gasteiger partial charge in [0.2, 0.25) is 0 Å². The van der Waals surface area contributed by atoms with E-state index < -0.39 is 0 Å². The standard InChI is InChI=1S/C23H27N5O4/c1-14-5-2-8-27-20(14)26-21-18(23(27)30)11-17(22(29)25-12-15-6-3-9-31-15)19(24)28(21)13-16-7-4-10-32-16/h2,5,8,11,15-16,24H,3-4,6-7,9-10,12-13H2,1H3,(H,25,29)/t15-,16-/m0/s1. The van der Waals surface area contributed by atoms with Crippen molar-refractivity contribution in [1.29, 1.82) is 5.41 Å². The highest BCUT2D eigenvalue weighted by Crippen LogP contribution is 2.18. The topological polar surface area (TPSA) is 111 Å². The van der Waals surface area contributed by atoms with Crippen LogP contribution in [0.2, 0.25) is 0 Å². The first kappa shape index (κ1) is 20.8. The van der Waals surface area contributed by atoms with E-state index in [9.17, 15) is 9.59 Å². The van der Waals surface area contributed by atoms with Gasteiger partial charge in [-0.1, -0.05) is 6.07 Å². The molecule has 0 bridgehead atoms. The van der Waals surface area contributed by atoms with Crippen molar-refractivity contribution in [1.82, 2.24) is 19.3 Å². The molecule has 3 aromatic rings. The van der Waals surface area contributed by atoms with Crippen molar-refractivity contribution in [2.75, 3.05) is 19.8 Å². The number of nitrogens with one attached hydrogen (secondary N) is 2. The summed E-state index contributed by atoms with van der Waals surface area (Å²) in [5, 5.41) is 12.0. The molecule has 9 heteroatoms. The van der Waals surface area contributed by atoms with E-state index in [1.54, 1.807) is 16.8 Å². The lowest BCUT2D eigenvalue weighted by Gasteiger charge is -2.18. The van der Waals surface area contributed by atoms with Gasteiger partial charge in [0.25, 0.3) is 11.5 Å². The number of ether oxygens (including phenoxy) is 2. The molecule has 2 aliphatic rings. The van der Waals surface area contributed by atoms with E-state index in [1.807, 2.05) is 13.0 Å². The summed E-state index contributed by atoms with van der Waals surface area (Å²) in [4.78, 5) is 31.1. The van der Waals surface area contributed by atoms with Crippen molar-refractivity contribution in [2.24, 2.45) is 0 Å². The molecule has 2 aliphatic heterocycles. The fourth-order valence-electron chi connectivity index (χ4n) is 4.55. The van der Waals surface area contributed by atoms with Crippen LogP contribution in [0.1, 0.15) is 41.6 Å². The van der Waals surface area contributed by atoms with Gasteiger partial charge < -0.3 is 19.4 Å². The second kappa shape index (κ2) is 8.48. The molecule has 2 saturated heterocycles. The Labute approximate surface area is 184 Å². The minimum Gasteiger partial charge on any atom is -0.376 e. The summed E-state index contributed by atoms with van der Waals surface area (Å²) in [6, 6.07) is 5.19. The number of carbonyl (C=O) groups excluding carboxylic acids is 1. The highest BCUT2D eigenvalue weighted by atomic mass is 16.5. The maximum Gasteiger partial charge on any atom is 0.267 e. The van der Waals surface area contributed by atoms with Crippen LogP contribution in [0.5, 0.6) is 0 Å². The van der Waals surface area contributed by atoms with Crippen LogP contribution in [-0.4, -0.2) is 51.8 Å². The zero-order chi connectivity index (χ0) is 22.2. The normalized spacial score (nSPS) is 20.9. The lowest BCUT2D eigenvalue weighted by molar-refractivity contribution is 0.0851. The molecule has 2 N–H and O–H groups in total. The molecule has 0 aliphatic carbocycles. The molecule has 1 amide bonds. The van der Waals surface area contributed by atoms with Gasteiger partial charge in [0, 0.05) is 26.0 Å². The third kappa shape index (κ3) is 3.71. The van der Waals surface area contributed by atoms with Gasteiger partial charge in [-0.2, -0.15) is 0 Å². The lowest BCUT2D eigenvalue weighted by Crippen LogP contribution is -2.39. The number of hydrogen-bond acceptors (Lipinski definition) is 6. The Balaban J connectivity index is 1.65. The average Bonchev–Trinajstić information content (AvgIpc) is 3.49. The van der Waals surface area contributed by atoms with Gasteiger partial charge in [-0.15, -0.1) is 0 Å². The van der Waals surface area contributed by atoms with Gasteiger partial charge >= 0.3 is 0 Å². The highest BCUT2D eigenvalue weighted by molar-refractivity contribution is 5.96. The van der Waals surface area contributed by atoms with Crippen LogP contribution >= 0.6 is 0 Å². The van der Waals surface area contributed by atoms with E-state index >= 15 is 0 Å². The number of fused-ring (bicyclic) bond motifs is 2. The molecule has 0 saturated carbocycles. The van der Waals surface area contributed by atoms with Crippen LogP contribution in [0, 0.1) is 12.3 Å². The van der Waals surface area contributed by atoms with Crippen LogP contribution in [-0.2, 0) is 16.0 Å². The van der Waals surface area contributed by atoms with E-state index in [0.29, 0.717) is 43.0 Å². The van der Waals surface area contributed by atoms with Crippen molar-refractivity contribution < 1.29 is 14.3 Å². The molecule has 0 spiro atoms. The fraction of sp³-hybridized carbons (Fsp3) is 0.478. The zero-order valence-corrected chi connectivity index (χ0v) is 18.1. The maximum atomic E-state index is 13.3. The van der Waals surface area contributed by atoms with Crippen molar-refractivity contribution in [3.8, 4) is 0 Å². The number of aromatic nitrogens is 3. The van der Waals surface area contributed by atoms with Crippen molar-refractivity contribution in [2.45, 2.75) is 51.4 Å². The summed E-state index contributed by atoms with van der Waals surface area (Å²) in [6.45, 7) is 4.03. The van der Waals surface area contributed by atoms with Gasteiger partial charge in [0.1, 0.15) is 16.8 Å². The number of pyridine rings is 2. The monoisotopic (exact) mass is 437 g/mol. The number of amides is 1. The molecule has 2 atom stereocenters. The van der Waals surface area contributed by atoms with Gasteiger partial charge in [0.05, 0.1) is 29.7 Å². The molecule has 0 radical (unpaired) electrons. The van der Waals surface area contributed by atoms with Gasteiger partial charge in [-0.05, 0) is 50.3 Å². The number of nitrogens with zero attached hydrogens (tertiary/aromatic N) is 3. The van der Waals surface area contributed by atoms with Crippen LogP contribution < -0.4 is 16.4 Å². The van der Waals surface area contributed by atoms with E-state index in [2.05, 4.69) is 5.32 Å². The quantitative estimate of drug-likeness (QED) is 0.588. The number of rotatable bonds is 5. The van der Waals surface area contributed by atoms with Gasteiger partial charge in [-0.3, -0.25) is 19.4 Å². The second-order valence-electron chi connectivity index (χ2n) is 8.54. The van der Waals surface area contributed by atoms with E-state index in [-0.39, 0.29) is 34.7 Å². The summed E-state index contributed by atoms with van der Waals surface area (Å²) in [6.07, 6.45) is 5.30. The molecule has 0 unspecified atom stereocenters. The Kier molecular flexibility index (Phi) is 5.52. The highest BCUT2D eigenvalue weighted by Gasteiger charge is 2.23. The summed E-state index contributed by atoms with van der Waals surface area (Å²) in [7, 11) is 0. The van der Waals surface area contributed by atoms with Crippen molar-refractivity contribution >= 4 is 22.6 Å². The van der Waals surface area contributed by atoms with Crippen LogP contribution in [0.15, 0.2) is 29.2 Å². The van der Waals surface area contributed by atoms with Gasteiger partial charge in [0.15, 0.2) is 0 Å². The Bertz CT molecular complexity index is 1300. The van der Waals surface area contributed by atoms with Crippen molar-refractivity contribution in [3.63, 3.8) is 0 Å². The molecular formula is C23H27N5O4. The van der Waals surface area contributed by atoms with Crippen molar-refractivity contribution in [3.05, 3.63) is 51.4 Å². The van der Waals surface area contributed by atoms with E-state index in [1.165, 1.54) is 10.5 Å². The predicted octanol–water partition coefficient (Wildman–Crippen LogP) is 1.52. The summed E-state index contributed by atoms with van der Waals surface area (Å²) in [5.74, 6) is -0.387. The number of carbonyl (C=O) groups is 1. The molecule has 168 valence electrons. The lowest BCUT2D eigenvalue weighted by atomic mass is 10.1. The number of aryl methyl sites for hydroxylation is 1. The third-order valence-electron chi connectivity index (χ3n) is 6.30. The Morgan fingerprint density at radius 2 is 1.97 bits per heavy atom. The molecule has 32 heavy (non-hydrogen) atoms. The zero-order valence-electron chi connectivity index (χ0n) is 18.1. The molecule has 5 rings (SSSR count). The molecule has 9 nitrogen and oxygen atoms in total. The minimum atomic E-state index is -0.387. The van der Waals surface area contributed by atoms with Crippen LogP contribution in [0.3, 0.4) is 0 Å². The first-order valence-corrected chi connectivity index (χ1v) is 11.1. The summed E-state index contributed by atoms with van der Waals surface area (Å²) in [5.41, 5.74) is 1.73. The Morgan fingerprint density at radius 1 is 1.22 bits per heavy atom. The summed E-state index contributed by atoms with van der Waals surface area (Å²) < 4.78 is 14.5. The Hall–Kier alpha value is -3.04.